The lowest BCUT2D eigenvalue weighted by Gasteiger charge is -2.38. The molecule has 43 heavy (non-hydrogen) atoms. The first-order chi connectivity index (χ1) is 20.8. The van der Waals surface area contributed by atoms with Crippen molar-refractivity contribution in [2.24, 2.45) is 0 Å². The summed E-state index contributed by atoms with van der Waals surface area (Å²) in [7, 11) is 0. The molecule has 4 aromatic heterocycles. The summed E-state index contributed by atoms with van der Waals surface area (Å²) in [5, 5.41) is 9.48. The highest BCUT2D eigenvalue weighted by atomic mass is 32.1. The molecule has 1 aliphatic heterocycles. The second kappa shape index (κ2) is 11.3. The average Bonchev–Trinajstić information content (AvgIpc) is 3.73. The molecule has 1 aromatic carbocycles. The van der Waals surface area contributed by atoms with Crippen molar-refractivity contribution in [3.8, 4) is 11.3 Å². The molecule has 0 bridgehead atoms. The Labute approximate surface area is 253 Å². The van der Waals surface area contributed by atoms with Gasteiger partial charge >= 0.3 is 6.03 Å². The van der Waals surface area contributed by atoms with Gasteiger partial charge in [-0.3, -0.25) is 14.6 Å². The number of imidazole rings is 1. The number of nitrogens with one attached hydrogen (secondary N) is 2. The van der Waals surface area contributed by atoms with E-state index in [1.165, 1.54) is 12.8 Å². The van der Waals surface area contributed by atoms with Gasteiger partial charge in [-0.2, -0.15) is 0 Å². The summed E-state index contributed by atoms with van der Waals surface area (Å²) in [4.78, 5) is 31.6. The number of thiazole rings is 1. The minimum absolute atomic E-state index is 0.189. The number of hydrogen-bond acceptors (Lipinski definition) is 9. The fourth-order valence-electron chi connectivity index (χ4n) is 5.98. The smallest absolute Gasteiger partial charge is 0.324 e. The van der Waals surface area contributed by atoms with Crippen LogP contribution in [-0.4, -0.2) is 67.8 Å². The van der Waals surface area contributed by atoms with E-state index in [0.29, 0.717) is 29.2 Å². The highest BCUT2D eigenvalue weighted by molar-refractivity contribution is 7.23. The number of urea groups is 1. The molecule has 5 aromatic rings. The van der Waals surface area contributed by atoms with Gasteiger partial charge in [-0.1, -0.05) is 49.4 Å². The number of carbonyl (C=O) groups excluding carboxylic acids is 1. The summed E-state index contributed by atoms with van der Waals surface area (Å²) >= 11 is 1.59. The fourth-order valence-corrected chi connectivity index (χ4v) is 6.94. The number of anilines is 2. The largest absolute Gasteiger partial charge is 0.379 e. The molecule has 0 radical (unpaired) electrons. The van der Waals surface area contributed by atoms with Crippen LogP contribution in [-0.2, 0) is 10.2 Å². The van der Waals surface area contributed by atoms with E-state index in [0.717, 1.165) is 71.5 Å². The highest BCUT2D eigenvalue weighted by Gasteiger charge is 2.29. The topological polar surface area (TPSA) is 123 Å². The second-order valence-corrected chi connectivity index (χ2v) is 13.4. The van der Waals surface area contributed by atoms with Gasteiger partial charge in [-0.05, 0) is 37.8 Å². The average molecular weight is 601 g/mol. The molecule has 5 heterocycles. The van der Waals surface area contributed by atoms with Gasteiger partial charge < -0.3 is 14.6 Å². The van der Waals surface area contributed by atoms with Crippen molar-refractivity contribution in [1.82, 2.24) is 29.4 Å². The van der Waals surface area contributed by atoms with Gasteiger partial charge in [0.15, 0.2) is 10.8 Å². The third-order valence-electron chi connectivity index (χ3n) is 8.43. The lowest BCUT2D eigenvalue weighted by molar-refractivity contribution is 0.00712. The Bertz CT molecular complexity index is 1740. The maximum absolute atomic E-state index is 12.5. The van der Waals surface area contributed by atoms with Crippen molar-refractivity contribution >= 4 is 44.2 Å². The molecule has 2 fully saturated rings. The zero-order valence-corrected chi connectivity index (χ0v) is 25.5. The quantitative estimate of drug-likeness (QED) is 0.241. The van der Waals surface area contributed by atoms with Crippen LogP contribution in [0.15, 0.2) is 47.2 Å². The van der Waals surface area contributed by atoms with Gasteiger partial charge in [0.2, 0.25) is 0 Å². The normalized spacial score (nSPS) is 20.1. The van der Waals surface area contributed by atoms with Gasteiger partial charge in [0, 0.05) is 54.0 Å². The zero-order valence-electron chi connectivity index (χ0n) is 24.7. The van der Waals surface area contributed by atoms with Crippen molar-refractivity contribution in [3.05, 3.63) is 54.3 Å². The summed E-state index contributed by atoms with van der Waals surface area (Å²) < 4.78 is 12.9. The number of carbonyl (C=O) groups is 1. The molecule has 1 aliphatic carbocycles. The molecule has 7 rings (SSSR count). The molecule has 2 N–H and O–H groups in total. The summed E-state index contributed by atoms with van der Waals surface area (Å²) in [5.41, 5.74) is 3.25. The zero-order chi connectivity index (χ0) is 29.6. The molecule has 0 unspecified atom stereocenters. The van der Waals surface area contributed by atoms with Crippen molar-refractivity contribution in [2.75, 3.05) is 36.9 Å². The van der Waals surface area contributed by atoms with E-state index in [2.05, 4.69) is 25.1 Å². The van der Waals surface area contributed by atoms with E-state index >= 15 is 0 Å². The predicted molar refractivity (Wildman–Crippen MR) is 167 cm³/mol. The molecule has 0 spiro atoms. The Kier molecular flexibility index (Phi) is 7.36. The van der Waals surface area contributed by atoms with Crippen LogP contribution < -0.4 is 10.6 Å². The molecule has 1 saturated carbocycles. The minimum Gasteiger partial charge on any atom is -0.379 e. The first kappa shape index (κ1) is 27.9. The molecular weight excluding hydrogens is 564 g/mol. The summed E-state index contributed by atoms with van der Waals surface area (Å²) in [6.07, 6.45) is 8.63. The van der Waals surface area contributed by atoms with Crippen molar-refractivity contribution in [1.29, 1.82) is 0 Å². The third-order valence-corrected chi connectivity index (χ3v) is 9.39. The summed E-state index contributed by atoms with van der Waals surface area (Å²) in [6.45, 7) is 9.88. The Morgan fingerprint density at radius 1 is 1.02 bits per heavy atom. The maximum atomic E-state index is 12.5. The van der Waals surface area contributed by atoms with Gasteiger partial charge in [0.1, 0.15) is 21.9 Å². The van der Waals surface area contributed by atoms with Crippen molar-refractivity contribution in [3.63, 3.8) is 0 Å². The van der Waals surface area contributed by atoms with Crippen LogP contribution in [0.3, 0.4) is 0 Å². The van der Waals surface area contributed by atoms with Gasteiger partial charge in [-0.25, -0.2) is 19.7 Å². The van der Waals surface area contributed by atoms with Crippen LogP contribution in [0.4, 0.5) is 16.3 Å². The lowest BCUT2D eigenvalue weighted by atomic mass is 9.84. The van der Waals surface area contributed by atoms with Crippen LogP contribution in [0.25, 0.3) is 26.6 Å². The molecular formula is C31H36N8O3S. The Morgan fingerprint density at radius 3 is 2.51 bits per heavy atom. The van der Waals surface area contributed by atoms with Crippen molar-refractivity contribution < 1.29 is 14.1 Å². The van der Waals surface area contributed by atoms with E-state index in [9.17, 15) is 4.79 Å². The van der Waals surface area contributed by atoms with Crippen LogP contribution in [0.5, 0.6) is 0 Å². The fraction of sp³-hybridized carbons (Fsp3) is 0.452. The highest BCUT2D eigenvalue weighted by Crippen LogP contribution is 2.35. The summed E-state index contributed by atoms with van der Waals surface area (Å²) in [6, 6.07) is 9.61. The van der Waals surface area contributed by atoms with Crippen LogP contribution >= 0.6 is 11.3 Å². The molecule has 12 heteroatoms. The molecule has 11 nitrogen and oxygen atoms in total. The Balaban J connectivity index is 0.994. The van der Waals surface area contributed by atoms with Crippen molar-refractivity contribution in [2.45, 2.75) is 63.8 Å². The van der Waals surface area contributed by atoms with E-state index in [1.807, 2.05) is 57.4 Å². The number of amides is 2. The van der Waals surface area contributed by atoms with Crippen LogP contribution in [0.1, 0.15) is 64.0 Å². The number of ether oxygens (including phenoxy) is 1. The van der Waals surface area contributed by atoms with Gasteiger partial charge in [0.25, 0.3) is 0 Å². The molecule has 224 valence electrons. The van der Waals surface area contributed by atoms with E-state index < -0.39 is 0 Å². The number of benzene rings is 1. The number of hydrogen-bond donors (Lipinski definition) is 2. The molecule has 2 amide bonds. The van der Waals surface area contributed by atoms with E-state index in [-0.39, 0.29) is 11.4 Å². The predicted octanol–water partition coefficient (Wildman–Crippen LogP) is 6.29. The number of fused-ring (bicyclic) bond motifs is 3. The maximum Gasteiger partial charge on any atom is 0.324 e. The minimum atomic E-state index is -0.389. The molecule has 1 saturated heterocycles. The molecule has 2 aliphatic rings. The SMILES string of the molecule is CC(C)(C)c1cc(NC(=O)Nc2ccc(-c3cn4c(n3)sc3nc([C@H]5CC[C@H](N6CCOCC6)CC5)ncc34)cc2)no1. The number of rotatable bonds is 5. The number of nitrogens with zero attached hydrogens (tertiary/aromatic N) is 6. The van der Waals surface area contributed by atoms with E-state index in [1.54, 1.807) is 17.4 Å². The van der Waals surface area contributed by atoms with Crippen LogP contribution in [0.2, 0.25) is 0 Å². The second-order valence-electron chi connectivity index (χ2n) is 12.4. The first-order valence-electron chi connectivity index (χ1n) is 14.9. The Morgan fingerprint density at radius 2 is 1.79 bits per heavy atom. The first-order valence-corrected chi connectivity index (χ1v) is 15.7. The van der Waals surface area contributed by atoms with Gasteiger partial charge in [0.05, 0.1) is 25.1 Å². The number of aromatic nitrogens is 5. The lowest BCUT2D eigenvalue weighted by Crippen LogP contribution is -2.44. The summed E-state index contributed by atoms with van der Waals surface area (Å²) in [5.74, 6) is 2.45. The van der Waals surface area contributed by atoms with Crippen LogP contribution in [0, 0.1) is 0 Å². The van der Waals surface area contributed by atoms with E-state index in [4.69, 9.17) is 24.2 Å². The third kappa shape index (κ3) is 5.86. The number of morpholine rings is 1. The Hall–Kier alpha value is -3.87. The molecule has 0 atom stereocenters. The monoisotopic (exact) mass is 600 g/mol. The van der Waals surface area contributed by atoms with Gasteiger partial charge in [-0.15, -0.1) is 0 Å². The standard InChI is InChI=1S/C31H36N8O3S/c1-31(2,3)25-16-26(37-42-25)35-29(40)33-21-8-4-19(5-9-21)23-18-39-24-17-32-27(36-28(24)43-30(39)34-23)20-6-10-22(11-7-20)38-12-14-41-15-13-38/h4-5,8-9,16-18,20,22H,6-7,10-15H2,1-3H3,(H2,33,35,37,40)/t20-,22-.